The predicted molar refractivity (Wildman–Crippen MR) is 67.7 cm³/mol. The standard InChI is InChI=1S/C11H13ClN4O2/c12-8-4-14-10(3-9(8)13)15-1-2-16-7(5-15)6-18-11(16)17/h3-4,7H,1-2,5-6H2,(H2,13,14). The van der Waals surface area contributed by atoms with Gasteiger partial charge in [-0.15, -0.1) is 0 Å². The minimum Gasteiger partial charge on any atom is -0.447 e. The quantitative estimate of drug-likeness (QED) is 0.821. The summed E-state index contributed by atoms with van der Waals surface area (Å²) in [6, 6.07) is 1.86. The number of hydrogen-bond donors (Lipinski definition) is 1. The van der Waals surface area contributed by atoms with E-state index < -0.39 is 0 Å². The Balaban J connectivity index is 1.78. The molecule has 0 spiro atoms. The first-order valence-corrected chi connectivity index (χ1v) is 6.12. The molecule has 3 heterocycles. The van der Waals surface area contributed by atoms with Gasteiger partial charge >= 0.3 is 6.09 Å². The first-order chi connectivity index (χ1) is 8.65. The lowest BCUT2D eigenvalue weighted by atomic mass is 10.2. The van der Waals surface area contributed by atoms with E-state index in [1.807, 2.05) is 0 Å². The van der Waals surface area contributed by atoms with Gasteiger partial charge in [0, 0.05) is 31.9 Å². The molecule has 0 aromatic carbocycles. The Morgan fingerprint density at radius 1 is 1.50 bits per heavy atom. The Morgan fingerprint density at radius 2 is 2.33 bits per heavy atom. The van der Waals surface area contributed by atoms with Gasteiger partial charge in [0.15, 0.2) is 0 Å². The summed E-state index contributed by atoms with van der Waals surface area (Å²) in [5.41, 5.74) is 6.28. The van der Waals surface area contributed by atoms with E-state index in [2.05, 4.69) is 9.88 Å². The van der Waals surface area contributed by atoms with Gasteiger partial charge in [-0.2, -0.15) is 0 Å². The summed E-state index contributed by atoms with van der Waals surface area (Å²) in [4.78, 5) is 19.5. The van der Waals surface area contributed by atoms with Crippen LogP contribution in [0, 0.1) is 0 Å². The smallest absolute Gasteiger partial charge is 0.410 e. The SMILES string of the molecule is Nc1cc(N2CCN3C(=O)OCC3C2)ncc1Cl. The molecule has 0 saturated carbocycles. The minimum atomic E-state index is -0.219. The van der Waals surface area contributed by atoms with Crippen LogP contribution in [0.3, 0.4) is 0 Å². The average molecular weight is 269 g/mol. The molecular weight excluding hydrogens is 256 g/mol. The van der Waals surface area contributed by atoms with Gasteiger partial charge in [0.05, 0.1) is 16.8 Å². The topological polar surface area (TPSA) is 71.7 Å². The Hall–Kier alpha value is -1.69. The molecule has 6 nitrogen and oxygen atoms in total. The molecule has 0 aliphatic carbocycles. The zero-order chi connectivity index (χ0) is 12.7. The van der Waals surface area contributed by atoms with Crippen LogP contribution in [0.4, 0.5) is 16.3 Å². The zero-order valence-corrected chi connectivity index (χ0v) is 10.4. The second-order valence-electron chi connectivity index (χ2n) is 4.43. The largest absolute Gasteiger partial charge is 0.447 e. The minimum absolute atomic E-state index is 0.102. The molecule has 1 aromatic heterocycles. The molecule has 1 aromatic rings. The highest BCUT2D eigenvalue weighted by atomic mass is 35.5. The second-order valence-corrected chi connectivity index (χ2v) is 4.84. The number of piperazine rings is 1. The highest BCUT2D eigenvalue weighted by Crippen LogP contribution is 2.25. The average Bonchev–Trinajstić information content (AvgIpc) is 2.74. The van der Waals surface area contributed by atoms with Crippen molar-refractivity contribution in [3.63, 3.8) is 0 Å². The van der Waals surface area contributed by atoms with E-state index in [1.54, 1.807) is 17.2 Å². The zero-order valence-electron chi connectivity index (χ0n) is 9.67. The lowest BCUT2D eigenvalue weighted by Gasteiger charge is -2.36. The van der Waals surface area contributed by atoms with Crippen molar-refractivity contribution in [2.75, 3.05) is 36.9 Å². The summed E-state index contributed by atoms with van der Waals surface area (Å²) < 4.78 is 5.02. The maximum atomic E-state index is 11.4. The Labute approximate surface area is 109 Å². The van der Waals surface area contributed by atoms with Crippen molar-refractivity contribution in [1.82, 2.24) is 9.88 Å². The molecule has 2 aliphatic rings. The van der Waals surface area contributed by atoms with E-state index in [0.29, 0.717) is 30.4 Å². The number of carbonyl (C=O) groups excluding carboxylic acids is 1. The number of cyclic esters (lactones) is 1. The van der Waals surface area contributed by atoms with Gasteiger partial charge < -0.3 is 15.4 Å². The Morgan fingerprint density at radius 3 is 3.11 bits per heavy atom. The van der Waals surface area contributed by atoms with Crippen molar-refractivity contribution in [3.05, 3.63) is 17.3 Å². The van der Waals surface area contributed by atoms with Crippen LogP contribution in [-0.4, -0.2) is 48.3 Å². The van der Waals surface area contributed by atoms with Gasteiger partial charge in [-0.3, -0.25) is 4.90 Å². The molecule has 18 heavy (non-hydrogen) atoms. The van der Waals surface area contributed by atoms with E-state index >= 15 is 0 Å². The van der Waals surface area contributed by atoms with Crippen molar-refractivity contribution >= 4 is 29.2 Å². The molecule has 96 valence electrons. The highest BCUT2D eigenvalue weighted by molar-refractivity contribution is 6.32. The number of hydrogen-bond acceptors (Lipinski definition) is 5. The maximum absolute atomic E-state index is 11.4. The molecular formula is C11H13ClN4O2. The Bertz CT molecular complexity index is 496. The van der Waals surface area contributed by atoms with Crippen molar-refractivity contribution in [2.24, 2.45) is 0 Å². The monoisotopic (exact) mass is 268 g/mol. The molecule has 2 aliphatic heterocycles. The van der Waals surface area contributed by atoms with E-state index in [9.17, 15) is 4.79 Å². The van der Waals surface area contributed by atoms with E-state index in [1.165, 1.54) is 0 Å². The van der Waals surface area contributed by atoms with Gasteiger partial charge in [-0.1, -0.05) is 11.6 Å². The van der Waals surface area contributed by atoms with Crippen LogP contribution in [0.2, 0.25) is 5.02 Å². The van der Waals surface area contributed by atoms with Gasteiger partial charge in [0.2, 0.25) is 0 Å². The second kappa shape index (κ2) is 4.20. The number of nitrogen functional groups attached to an aromatic ring is 1. The molecule has 2 saturated heterocycles. The summed E-state index contributed by atoms with van der Waals surface area (Å²) in [5, 5.41) is 0.455. The van der Waals surface area contributed by atoms with E-state index in [-0.39, 0.29) is 12.1 Å². The molecule has 1 unspecified atom stereocenters. The molecule has 1 amide bonds. The fraction of sp³-hybridized carbons (Fsp3) is 0.455. The summed E-state index contributed by atoms with van der Waals surface area (Å²) >= 11 is 5.85. The van der Waals surface area contributed by atoms with Crippen molar-refractivity contribution in [1.29, 1.82) is 0 Å². The van der Waals surface area contributed by atoms with Crippen molar-refractivity contribution in [2.45, 2.75) is 6.04 Å². The number of anilines is 2. The maximum Gasteiger partial charge on any atom is 0.410 e. The summed E-state index contributed by atoms with van der Waals surface area (Å²) in [6.07, 6.45) is 1.33. The number of ether oxygens (including phenoxy) is 1. The van der Waals surface area contributed by atoms with Crippen LogP contribution < -0.4 is 10.6 Å². The van der Waals surface area contributed by atoms with Crippen LogP contribution in [0.5, 0.6) is 0 Å². The molecule has 0 bridgehead atoms. The number of nitrogens with two attached hydrogens (primary N) is 1. The van der Waals surface area contributed by atoms with Crippen molar-refractivity contribution < 1.29 is 9.53 Å². The number of aromatic nitrogens is 1. The third-order valence-electron chi connectivity index (χ3n) is 3.31. The lowest BCUT2D eigenvalue weighted by Crippen LogP contribution is -2.52. The van der Waals surface area contributed by atoms with E-state index in [4.69, 9.17) is 22.1 Å². The van der Waals surface area contributed by atoms with E-state index in [0.717, 1.165) is 12.4 Å². The first kappa shape index (κ1) is 11.4. The van der Waals surface area contributed by atoms with Gasteiger partial charge in [-0.05, 0) is 0 Å². The lowest BCUT2D eigenvalue weighted by molar-refractivity contribution is 0.157. The molecule has 1 atom stereocenters. The van der Waals surface area contributed by atoms with Crippen LogP contribution in [-0.2, 0) is 4.74 Å². The van der Waals surface area contributed by atoms with Crippen molar-refractivity contribution in [3.8, 4) is 0 Å². The molecule has 2 fully saturated rings. The summed E-state index contributed by atoms with van der Waals surface area (Å²) in [6.45, 7) is 2.52. The third kappa shape index (κ3) is 1.82. The van der Waals surface area contributed by atoms with Crippen LogP contribution in [0.1, 0.15) is 0 Å². The molecule has 0 radical (unpaired) electrons. The molecule has 3 rings (SSSR count). The van der Waals surface area contributed by atoms with Gasteiger partial charge in [0.25, 0.3) is 0 Å². The van der Waals surface area contributed by atoms with Crippen LogP contribution >= 0.6 is 11.6 Å². The summed E-state index contributed by atoms with van der Waals surface area (Å²) in [5.74, 6) is 0.788. The summed E-state index contributed by atoms with van der Waals surface area (Å²) in [7, 11) is 0. The predicted octanol–water partition coefficient (Wildman–Crippen LogP) is 0.958. The fourth-order valence-corrected chi connectivity index (χ4v) is 2.42. The highest BCUT2D eigenvalue weighted by Gasteiger charge is 2.37. The van der Waals surface area contributed by atoms with Gasteiger partial charge in [0.1, 0.15) is 12.4 Å². The number of amides is 1. The number of rotatable bonds is 1. The molecule has 7 heteroatoms. The Kier molecular flexibility index (Phi) is 2.66. The van der Waals surface area contributed by atoms with Crippen LogP contribution in [0.25, 0.3) is 0 Å². The molecule has 2 N–H and O–H groups in total. The normalized spacial score (nSPS) is 22.9. The number of nitrogens with zero attached hydrogens (tertiary/aromatic N) is 3. The third-order valence-corrected chi connectivity index (χ3v) is 3.63. The number of fused-ring (bicyclic) bond motifs is 1. The number of carbonyl (C=O) groups is 1. The fourth-order valence-electron chi connectivity index (χ4n) is 2.31. The van der Waals surface area contributed by atoms with Gasteiger partial charge in [-0.25, -0.2) is 9.78 Å². The van der Waals surface area contributed by atoms with Crippen LogP contribution in [0.15, 0.2) is 12.3 Å². The number of halogens is 1. The number of pyridine rings is 1. The first-order valence-electron chi connectivity index (χ1n) is 5.74.